The van der Waals surface area contributed by atoms with Gasteiger partial charge >= 0.3 is 0 Å². The minimum atomic E-state index is -0.160. The van der Waals surface area contributed by atoms with Crippen molar-refractivity contribution in [1.29, 1.82) is 5.26 Å². The Labute approximate surface area is 111 Å². The van der Waals surface area contributed by atoms with Crippen LogP contribution in [-0.2, 0) is 0 Å². The van der Waals surface area contributed by atoms with E-state index in [9.17, 15) is 0 Å². The molecule has 98 valence electrons. The molecule has 0 aromatic rings. The van der Waals surface area contributed by atoms with Crippen LogP contribution in [0.4, 0.5) is 0 Å². The molecule has 0 saturated heterocycles. The summed E-state index contributed by atoms with van der Waals surface area (Å²) in [5, 5.41) is 13.4. The second kappa shape index (κ2) is 7.28. The van der Waals surface area contributed by atoms with Gasteiger partial charge in [0.25, 0.3) is 0 Å². The van der Waals surface area contributed by atoms with E-state index in [1.165, 1.54) is 25.7 Å². The quantitative estimate of drug-likeness (QED) is 0.736. The molecule has 2 nitrogen and oxygen atoms in total. The van der Waals surface area contributed by atoms with Crippen molar-refractivity contribution in [2.75, 3.05) is 12.8 Å². The SMILES string of the molecule is CSC1CCCCC1NCCCC(C)(C)C#N. The molecule has 1 fully saturated rings. The van der Waals surface area contributed by atoms with Crippen LogP contribution in [0.1, 0.15) is 52.4 Å². The number of thioether (sulfide) groups is 1. The molecule has 0 aromatic heterocycles. The molecule has 0 amide bonds. The van der Waals surface area contributed by atoms with Crippen molar-refractivity contribution in [2.24, 2.45) is 5.41 Å². The van der Waals surface area contributed by atoms with E-state index in [1.54, 1.807) is 0 Å². The van der Waals surface area contributed by atoms with Crippen LogP contribution in [0.25, 0.3) is 0 Å². The molecule has 0 aromatic carbocycles. The molecule has 0 spiro atoms. The van der Waals surface area contributed by atoms with E-state index >= 15 is 0 Å². The Kier molecular flexibility index (Phi) is 6.37. The summed E-state index contributed by atoms with van der Waals surface area (Å²) in [6.07, 6.45) is 9.79. The van der Waals surface area contributed by atoms with Crippen LogP contribution in [0, 0.1) is 16.7 Å². The van der Waals surface area contributed by atoms with Crippen molar-refractivity contribution in [3.63, 3.8) is 0 Å². The third-order valence-corrected chi connectivity index (χ3v) is 4.86. The lowest BCUT2D eigenvalue weighted by molar-refractivity contribution is 0.364. The average Bonchev–Trinajstić information content (AvgIpc) is 2.35. The predicted molar refractivity (Wildman–Crippen MR) is 76.2 cm³/mol. The van der Waals surface area contributed by atoms with Gasteiger partial charge < -0.3 is 5.32 Å². The summed E-state index contributed by atoms with van der Waals surface area (Å²) in [5.74, 6) is 0. The molecular weight excluding hydrogens is 228 g/mol. The summed E-state index contributed by atoms with van der Waals surface area (Å²) in [5.41, 5.74) is -0.160. The molecule has 2 unspecified atom stereocenters. The fourth-order valence-corrected chi connectivity index (χ4v) is 3.45. The molecule has 17 heavy (non-hydrogen) atoms. The van der Waals surface area contributed by atoms with Gasteiger partial charge in [0.15, 0.2) is 0 Å². The lowest BCUT2D eigenvalue weighted by atomic mass is 9.89. The Morgan fingerprint density at radius 1 is 1.35 bits per heavy atom. The van der Waals surface area contributed by atoms with Gasteiger partial charge in [-0.3, -0.25) is 0 Å². The third kappa shape index (κ3) is 5.31. The van der Waals surface area contributed by atoms with Gasteiger partial charge in [0.1, 0.15) is 0 Å². The molecule has 0 heterocycles. The highest BCUT2D eigenvalue weighted by Crippen LogP contribution is 2.27. The number of nitriles is 1. The van der Waals surface area contributed by atoms with Crippen LogP contribution in [0.15, 0.2) is 0 Å². The second-order valence-corrected chi connectivity index (χ2v) is 6.80. The summed E-state index contributed by atoms with van der Waals surface area (Å²) in [7, 11) is 0. The van der Waals surface area contributed by atoms with E-state index < -0.39 is 0 Å². The van der Waals surface area contributed by atoms with Crippen molar-refractivity contribution >= 4 is 11.8 Å². The van der Waals surface area contributed by atoms with Crippen molar-refractivity contribution in [1.82, 2.24) is 5.32 Å². The molecule has 3 heteroatoms. The maximum atomic E-state index is 8.95. The molecule has 2 atom stereocenters. The van der Waals surface area contributed by atoms with E-state index in [-0.39, 0.29) is 5.41 Å². The van der Waals surface area contributed by atoms with E-state index in [4.69, 9.17) is 5.26 Å². The molecule has 1 rings (SSSR count). The van der Waals surface area contributed by atoms with Gasteiger partial charge in [-0.15, -0.1) is 0 Å². The maximum absolute atomic E-state index is 8.95. The Bertz CT molecular complexity index is 257. The first-order chi connectivity index (χ1) is 8.09. The molecule has 0 aliphatic heterocycles. The highest BCUT2D eigenvalue weighted by atomic mass is 32.2. The molecule has 1 saturated carbocycles. The zero-order valence-electron chi connectivity index (χ0n) is 11.5. The molecule has 1 N–H and O–H groups in total. The molecule has 1 aliphatic rings. The Balaban J connectivity index is 2.19. The molecule has 0 radical (unpaired) electrons. The fourth-order valence-electron chi connectivity index (χ4n) is 2.49. The van der Waals surface area contributed by atoms with Gasteiger partial charge in [0.2, 0.25) is 0 Å². The zero-order chi connectivity index (χ0) is 12.7. The highest BCUT2D eigenvalue weighted by molar-refractivity contribution is 7.99. The van der Waals surface area contributed by atoms with Crippen LogP contribution in [0.5, 0.6) is 0 Å². The number of hydrogen-bond donors (Lipinski definition) is 1. The largest absolute Gasteiger partial charge is 0.313 e. The van der Waals surface area contributed by atoms with Crippen LogP contribution in [0.2, 0.25) is 0 Å². The monoisotopic (exact) mass is 254 g/mol. The lowest BCUT2D eigenvalue weighted by Crippen LogP contribution is -2.41. The lowest BCUT2D eigenvalue weighted by Gasteiger charge is -2.31. The van der Waals surface area contributed by atoms with Gasteiger partial charge in [-0.2, -0.15) is 17.0 Å². The standard InChI is InChI=1S/C14H26N2S/c1-14(2,11-15)9-6-10-16-12-7-4-5-8-13(12)17-3/h12-13,16H,4-10H2,1-3H3. The minimum Gasteiger partial charge on any atom is -0.313 e. The number of nitrogens with one attached hydrogen (secondary N) is 1. The van der Waals surface area contributed by atoms with Crippen molar-refractivity contribution in [3.05, 3.63) is 0 Å². The Morgan fingerprint density at radius 2 is 2.06 bits per heavy atom. The summed E-state index contributed by atoms with van der Waals surface area (Å²) < 4.78 is 0. The van der Waals surface area contributed by atoms with Crippen molar-refractivity contribution < 1.29 is 0 Å². The van der Waals surface area contributed by atoms with Gasteiger partial charge in [-0.25, -0.2) is 0 Å². The van der Waals surface area contributed by atoms with Crippen LogP contribution >= 0.6 is 11.8 Å². The summed E-state index contributed by atoms with van der Waals surface area (Å²) in [6, 6.07) is 3.07. The summed E-state index contributed by atoms with van der Waals surface area (Å²) >= 11 is 2.01. The Morgan fingerprint density at radius 3 is 2.71 bits per heavy atom. The fraction of sp³-hybridized carbons (Fsp3) is 0.929. The number of nitrogens with zero attached hydrogens (tertiary/aromatic N) is 1. The topological polar surface area (TPSA) is 35.8 Å². The predicted octanol–water partition coefficient (Wildman–Crippen LogP) is 3.58. The maximum Gasteiger partial charge on any atom is 0.0683 e. The van der Waals surface area contributed by atoms with E-state index in [0.29, 0.717) is 6.04 Å². The first-order valence-electron chi connectivity index (χ1n) is 6.76. The van der Waals surface area contributed by atoms with E-state index in [0.717, 1.165) is 24.6 Å². The first-order valence-corrected chi connectivity index (χ1v) is 8.05. The molecule has 0 bridgehead atoms. The average molecular weight is 254 g/mol. The molecular formula is C14H26N2S. The highest BCUT2D eigenvalue weighted by Gasteiger charge is 2.23. The van der Waals surface area contributed by atoms with Crippen molar-refractivity contribution in [2.45, 2.75) is 63.7 Å². The minimum absolute atomic E-state index is 0.160. The van der Waals surface area contributed by atoms with Crippen LogP contribution in [0.3, 0.4) is 0 Å². The smallest absolute Gasteiger partial charge is 0.0683 e. The number of rotatable bonds is 6. The third-order valence-electron chi connectivity index (χ3n) is 3.69. The van der Waals surface area contributed by atoms with Gasteiger partial charge in [0.05, 0.1) is 11.5 Å². The normalized spacial score (nSPS) is 25.5. The van der Waals surface area contributed by atoms with Crippen LogP contribution in [-0.4, -0.2) is 24.1 Å². The van der Waals surface area contributed by atoms with Gasteiger partial charge in [-0.1, -0.05) is 12.8 Å². The van der Waals surface area contributed by atoms with E-state index in [1.807, 2.05) is 25.6 Å². The zero-order valence-corrected chi connectivity index (χ0v) is 12.3. The Hall–Kier alpha value is -0.200. The summed E-state index contributed by atoms with van der Waals surface area (Å²) in [4.78, 5) is 0. The van der Waals surface area contributed by atoms with Gasteiger partial charge in [0, 0.05) is 11.3 Å². The number of hydrogen-bond acceptors (Lipinski definition) is 3. The second-order valence-electron chi connectivity index (χ2n) is 5.72. The van der Waals surface area contributed by atoms with Crippen LogP contribution < -0.4 is 5.32 Å². The first kappa shape index (κ1) is 14.9. The summed E-state index contributed by atoms with van der Waals surface area (Å²) in [6.45, 7) is 5.11. The molecule has 1 aliphatic carbocycles. The van der Waals surface area contributed by atoms with Crippen molar-refractivity contribution in [3.8, 4) is 6.07 Å². The van der Waals surface area contributed by atoms with Gasteiger partial charge in [-0.05, 0) is 52.3 Å². The van der Waals surface area contributed by atoms with E-state index in [2.05, 4.69) is 17.6 Å².